The number of halogens is 2. The Balaban J connectivity index is 1.65. The minimum Gasteiger partial charge on any atom is -0.349 e. The van der Waals surface area contributed by atoms with Gasteiger partial charge in [0, 0.05) is 12.4 Å². The summed E-state index contributed by atoms with van der Waals surface area (Å²) in [5.41, 5.74) is 2.00. The number of carbonyl (C=O) groups excluding carboxylic acids is 1. The maximum atomic E-state index is 12.0. The number of nitrogens with zero attached hydrogens (tertiary/aromatic N) is 2. The normalized spacial score (nSPS) is 20.8. The molecule has 1 amide bonds. The van der Waals surface area contributed by atoms with Crippen LogP contribution in [-0.4, -0.2) is 20.0 Å². The van der Waals surface area contributed by atoms with Gasteiger partial charge < -0.3 is 5.32 Å². The lowest BCUT2D eigenvalue weighted by atomic mass is 10.1. The highest BCUT2D eigenvalue weighted by molar-refractivity contribution is 6.52. The fourth-order valence-corrected chi connectivity index (χ4v) is 2.74. The molecule has 21 heavy (non-hydrogen) atoms. The Morgan fingerprint density at radius 1 is 1.43 bits per heavy atom. The van der Waals surface area contributed by atoms with Crippen molar-refractivity contribution in [1.82, 2.24) is 15.1 Å². The molecule has 0 radical (unpaired) electrons. The van der Waals surface area contributed by atoms with Crippen LogP contribution >= 0.6 is 23.2 Å². The highest BCUT2D eigenvalue weighted by atomic mass is 35.5. The molecule has 1 fully saturated rings. The number of alkyl halides is 2. The zero-order chi connectivity index (χ0) is 15.0. The lowest BCUT2D eigenvalue weighted by Crippen LogP contribution is -2.29. The molecule has 110 valence electrons. The number of rotatable bonds is 4. The van der Waals surface area contributed by atoms with Crippen molar-refractivity contribution in [3.8, 4) is 5.69 Å². The third-order valence-corrected chi connectivity index (χ3v) is 4.50. The molecule has 1 heterocycles. The minimum atomic E-state index is -0.881. The Bertz CT molecular complexity index is 637. The van der Waals surface area contributed by atoms with Gasteiger partial charge in [-0.05, 0) is 37.1 Å². The van der Waals surface area contributed by atoms with Crippen molar-refractivity contribution in [3.05, 3.63) is 48.3 Å². The Kier molecular flexibility index (Phi) is 3.68. The molecule has 4 nitrogen and oxygen atoms in total. The number of hydrogen-bond donors (Lipinski definition) is 1. The number of amides is 1. The van der Waals surface area contributed by atoms with Gasteiger partial charge >= 0.3 is 0 Å². The molecule has 1 aromatic carbocycles. The summed E-state index contributed by atoms with van der Waals surface area (Å²) in [6, 6.07) is 9.67. The van der Waals surface area contributed by atoms with Crippen LogP contribution in [0.4, 0.5) is 0 Å². The van der Waals surface area contributed by atoms with Crippen molar-refractivity contribution in [2.24, 2.45) is 5.92 Å². The second kappa shape index (κ2) is 5.35. The lowest BCUT2D eigenvalue weighted by Gasteiger charge is -2.15. The largest absolute Gasteiger partial charge is 0.349 e. The molecular weight excluding hydrogens is 309 g/mol. The van der Waals surface area contributed by atoms with E-state index >= 15 is 0 Å². The van der Waals surface area contributed by atoms with E-state index in [2.05, 4.69) is 10.4 Å². The highest BCUT2D eigenvalue weighted by Gasteiger charge is 2.56. The number of hydrogen-bond acceptors (Lipinski definition) is 2. The summed E-state index contributed by atoms with van der Waals surface area (Å²) in [7, 11) is 0. The average molecular weight is 324 g/mol. The Morgan fingerprint density at radius 2 is 2.10 bits per heavy atom. The predicted octanol–water partition coefficient (Wildman–Crippen LogP) is 3.24. The van der Waals surface area contributed by atoms with Gasteiger partial charge in [-0.25, -0.2) is 4.68 Å². The second-order valence-electron chi connectivity index (χ2n) is 5.29. The molecule has 1 aromatic heterocycles. The van der Waals surface area contributed by atoms with Crippen LogP contribution in [0.3, 0.4) is 0 Å². The van der Waals surface area contributed by atoms with E-state index in [1.807, 2.05) is 43.5 Å². The van der Waals surface area contributed by atoms with Crippen LogP contribution < -0.4 is 5.32 Å². The summed E-state index contributed by atoms with van der Waals surface area (Å²) >= 11 is 11.8. The van der Waals surface area contributed by atoms with Gasteiger partial charge in [-0.3, -0.25) is 4.79 Å². The van der Waals surface area contributed by atoms with Gasteiger partial charge in [0.2, 0.25) is 5.91 Å². The van der Waals surface area contributed by atoms with Crippen LogP contribution in [0.25, 0.3) is 5.69 Å². The van der Waals surface area contributed by atoms with E-state index in [1.165, 1.54) is 0 Å². The summed E-state index contributed by atoms with van der Waals surface area (Å²) in [6.07, 6.45) is 4.14. The molecule has 2 aromatic rings. The molecule has 0 spiro atoms. The van der Waals surface area contributed by atoms with Gasteiger partial charge in [-0.15, -0.1) is 23.2 Å². The molecule has 1 N–H and O–H groups in total. The zero-order valence-corrected chi connectivity index (χ0v) is 13.0. The van der Waals surface area contributed by atoms with Crippen LogP contribution in [0, 0.1) is 5.92 Å². The van der Waals surface area contributed by atoms with Crippen LogP contribution in [0.15, 0.2) is 42.7 Å². The van der Waals surface area contributed by atoms with Gasteiger partial charge in [0.1, 0.15) is 4.33 Å². The van der Waals surface area contributed by atoms with E-state index in [0.29, 0.717) is 6.42 Å². The number of benzene rings is 1. The average Bonchev–Trinajstić information content (AvgIpc) is 2.90. The Hall–Kier alpha value is -1.52. The van der Waals surface area contributed by atoms with Crippen molar-refractivity contribution in [2.45, 2.75) is 23.7 Å². The molecule has 0 unspecified atom stereocenters. The van der Waals surface area contributed by atoms with Crippen LogP contribution in [0.2, 0.25) is 0 Å². The Morgan fingerprint density at radius 3 is 2.62 bits per heavy atom. The first kappa shape index (κ1) is 14.4. The summed E-state index contributed by atoms with van der Waals surface area (Å²) in [5.74, 6) is -0.393. The van der Waals surface area contributed by atoms with Crippen molar-refractivity contribution in [1.29, 1.82) is 0 Å². The van der Waals surface area contributed by atoms with Crippen molar-refractivity contribution >= 4 is 29.1 Å². The molecule has 2 atom stereocenters. The summed E-state index contributed by atoms with van der Waals surface area (Å²) in [6.45, 7) is 1.94. The number of nitrogens with one attached hydrogen (secondary N) is 1. The van der Waals surface area contributed by atoms with Gasteiger partial charge in [0.25, 0.3) is 0 Å². The fourth-order valence-electron chi connectivity index (χ4n) is 2.23. The highest BCUT2D eigenvalue weighted by Crippen LogP contribution is 2.53. The van der Waals surface area contributed by atoms with Gasteiger partial charge in [-0.1, -0.05) is 12.1 Å². The standard InChI is InChI=1S/C15H15Cl2N3O/c1-10(19-14(21)13-9-15(13,16)17)11-3-5-12(6-4-11)20-8-2-7-18-20/h2-8,10,13H,9H2,1H3,(H,19,21)/t10-,13+/m0/s1. The first-order valence-corrected chi connectivity index (χ1v) is 7.51. The number of carbonyl (C=O) groups is 1. The molecule has 0 aliphatic heterocycles. The molecule has 0 saturated heterocycles. The van der Waals surface area contributed by atoms with Crippen molar-refractivity contribution in [3.63, 3.8) is 0 Å². The van der Waals surface area contributed by atoms with E-state index in [1.54, 1.807) is 10.9 Å². The third-order valence-electron chi connectivity index (χ3n) is 3.66. The topological polar surface area (TPSA) is 46.9 Å². The molecule has 1 saturated carbocycles. The number of aromatic nitrogens is 2. The third kappa shape index (κ3) is 3.06. The molecule has 1 aliphatic rings. The molecule has 6 heteroatoms. The molecule has 0 bridgehead atoms. The monoisotopic (exact) mass is 323 g/mol. The van der Waals surface area contributed by atoms with Crippen LogP contribution in [-0.2, 0) is 4.79 Å². The smallest absolute Gasteiger partial charge is 0.226 e. The van der Waals surface area contributed by atoms with Crippen LogP contribution in [0.1, 0.15) is 24.9 Å². The quantitative estimate of drug-likeness (QED) is 0.878. The first-order chi connectivity index (χ1) is 9.97. The van der Waals surface area contributed by atoms with Gasteiger partial charge in [0.15, 0.2) is 0 Å². The summed E-state index contributed by atoms with van der Waals surface area (Å²) < 4.78 is 0.903. The zero-order valence-electron chi connectivity index (χ0n) is 11.5. The molecular formula is C15H15Cl2N3O. The van der Waals surface area contributed by atoms with E-state index < -0.39 is 4.33 Å². The summed E-state index contributed by atoms with van der Waals surface area (Å²) in [4.78, 5) is 12.0. The van der Waals surface area contributed by atoms with Gasteiger partial charge in [0.05, 0.1) is 17.6 Å². The van der Waals surface area contributed by atoms with Crippen molar-refractivity contribution < 1.29 is 4.79 Å². The van der Waals surface area contributed by atoms with E-state index in [4.69, 9.17) is 23.2 Å². The maximum absolute atomic E-state index is 12.0. The minimum absolute atomic E-state index is 0.0890. The molecule has 1 aliphatic carbocycles. The van der Waals surface area contributed by atoms with E-state index in [0.717, 1.165) is 11.3 Å². The van der Waals surface area contributed by atoms with Crippen LogP contribution in [0.5, 0.6) is 0 Å². The maximum Gasteiger partial charge on any atom is 0.226 e. The lowest BCUT2D eigenvalue weighted by molar-refractivity contribution is -0.123. The van der Waals surface area contributed by atoms with E-state index in [-0.39, 0.29) is 17.9 Å². The fraction of sp³-hybridized carbons (Fsp3) is 0.333. The molecule has 3 rings (SSSR count). The SMILES string of the molecule is C[C@H](NC(=O)[C@H]1CC1(Cl)Cl)c1ccc(-n2cccn2)cc1. The van der Waals surface area contributed by atoms with Crippen molar-refractivity contribution in [2.75, 3.05) is 0 Å². The predicted molar refractivity (Wildman–Crippen MR) is 82.7 cm³/mol. The Labute approximate surface area is 133 Å². The van der Waals surface area contributed by atoms with Gasteiger partial charge in [-0.2, -0.15) is 5.10 Å². The first-order valence-electron chi connectivity index (χ1n) is 6.75. The summed E-state index contributed by atoms with van der Waals surface area (Å²) in [5, 5.41) is 7.11. The van der Waals surface area contributed by atoms with E-state index in [9.17, 15) is 4.79 Å². The second-order valence-corrected chi connectivity index (χ2v) is 6.83.